The fraction of sp³-hybridized carbons (Fsp3) is 1.00. The summed E-state index contributed by atoms with van der Waals surface area (Å²) in [5.41, 5.74) is 0. The van der Waals surface area contributed by atoms with Gasteiger partial charge in [0.05, 0.1) is 0 Å². The zero-order chi connectivity index (χ0) is 11.4. The van der Waals surface area contributed by atoms with Crippen molar-refractivity contribution >= 4 is 9.04 Å². The minimum absolute atomic E-state index is 1.12. The Hall–Kier alpha value is 0.177. The summed E-state index contributed by atoms with van der Waals surface area (Å²) in [6.07, 6.45) is 13.9. The maximum atomic E-state index is 9.21. The maximum Gasteiger partial charge on any atom is 0.169 e. The van der Waals surface area contributed by atoms with Gasteiger partial charge in [-0.25, -0.2) is 0 Å². The smallest absolute Gasteiger partial charge is 0.169 e. The molecule has 0 aliphatic heterocycles. The summed E-state index contributed by atoms with van der Waals surface area (Å²) in [5, 5.41) is 0. The van der Waals surface area contributed by atoms with Gasteiger partial charge in [0.1, 0.15) is 0 Å². The van der Waals surface area contributed by atoms with Crippen molar-refractivity contribution in [1.82, 2.24) is 0 Å². The van der Waals surface area contributed by atoms with Crippen LogP contribution in [-0.4, -0.2) is 13.8 Å². The molecule has 1 atom stereocenters. The van der Waals surface area contributed by atoms with Crippen molar-refractivity contribution in [3.8, 4) is 0 Å². The number of unbranched alkanes of at least 4 members (excludes halogenated alkanes) is 9. The first-order chi connectivity index (χ1) is 7.27. The molecule has 0 fully saturated rings. The van der Waals surface area contributed by atoms with E-state index in [1.807, 2.05) is 6.55 Å². The molecule has 92 valence electrons. The van der Waals surface area contributed by atoms with E-state index in [-0.39, 0.29) is 0 Å². The number of rotatable bonds is 11. The topological polar surface area (TPSA) is 20.2 Å². The molecule has 1 N–H and O–H groups in total. The predicted octanol–water partition coefficient (Wildman–Crippen LogP) is 4.25. The monoisotopic (exact) mass is 230 g/mol. The van der Waals surface area contributed by atoms with E-state index in [0.717, 1.165) is 6.04 Å². The van der Waals surface area contributed by atoms with Gasteiger partial charge in [-0.15, -0.1) is 0 Å². The second-order valence-corrected chi connectivity index (χ2v) is 7.10. The van der Waals surface area contributed by atoms with E-state index < -0.39 is 9.04 Å². The molecular weight excluding hydrogens is 200 g/mol. The minimum atomic E-state index is -1.25. The molecule has 0 aromatic heterocycles. The van der Waals surface area contributed by atoms with Crippen molar-refractivity contribution in [3.05, 3.63) is 0 Å². The lowest BCUT2D eigenvalue weighted by molar-refractivity contribution is 0.547. The Kier molecular flexibility index (Phi) is 12.4. The number of hydrogen-bond acceptors (Lipinski definition) is 1. The zero-order valence-corrected chi connectivity index (χ0v) is 12.0. The molecule has 0 bridgehead atoms. The first-order valence-electron chi connectivity index (χ1n) is 6.95. The van der Waals surface area contributed by atoms with E-state index in [0.29, 0.717) is 0 Å². The highest BCUT2D eigenvalue weighted by atomic mass is 28.3. The van der Waals surface area contributed by atoms with Crippen LogP contribution < -0.4 is 0 Å². The van der Waals surface area contributed by atoms with Crippen LogP contribution in [0.1, 0.15) is 71.1 Å². The van der Waals surface area contributed by atoms with Gasteiger partial charge in [-0.1, -0.05) is 71.1 Å². The Bertz CT molecular complexity index is 115. The SMILES string of the molecule is CCCCCCCCCCCC[SiH](C)O. The molecule has 0 saturated carbocycles. The van der Waals surface area contributed by atoms with Crippen LogP contribution in [0, 0.1) is 0 Å². The predicted molar refractivity (Wildman–Crippen MR) is 71.9 cm³/mol. The molecular formula is C13H30OSi. The van der Waals surface area contributed by atoms with E-state index in [1.165, 1.54) is 64.2 Å². The van der Waals surface area contributed by atoms with Gasteiger partial charge in [0, 0.05) is 0 Å². The molecule has 1 unspecified atom stereocenters. The van der Waals surface area contributed by atoms with E-state index in [9.17, 15) is 4.80 Å². The summed E-state index contributed by atoms with van der Waals surface area (Å²) in [7, 11) is -1.25. The Balaban J connectivity index is 2.87. The average Bonchev–Trinajstić information content (AvgIpc) is 2.20. The molecule has 0 aromatic rings. The Morgan fingerprint density at radius 2 is 1.13 bits per heavy atom. The van der Waals surface area contributed by atoms with E-state index >= 15 is 0 Å². The summed E-state index contributed by atoms with van der Waals surface area (Å²) in [6, 6.07) is 1.12. The Morgan fingerprint density at radius 1 is 0.733 bits per heavy atom. The van der Waals surface area contributed by atoms with Crippen LogP contribution >= 0.6 is 0 Å². The first-order valence-corrected chi connectivity index (χ1v) is 9.44. The molecule has 0 heterocycles. The molecule has 0 aliphatic carbocycles. The van der Waals surface area contributed by atoms with Crippen molar-refractivity contribution < 1.29 is 4.80 Å². The summed E-state index contributed by atoms with van der Waals surface area (Å²) in [4.78, 5) is 9.21. The Labute approximate surface area is 98.0 Å². The molecule has 0 radical (unpaired) electrons. The lowest BCUT2D eigenvalue weighted by Crippen LogP contribution is -2.03. The third-order valence-corrected chi connectivity index (χ3v) is 4.22. The van der Waals surface area contributed by atoms with Gasteiger partial charge in [0.2, 0.25) is 0 Å². The van der Waals surface area contributed by atoms with Crippen LogP contribution in [0.4, 0.5) is 0 Å². The third-order valence-electron chi connectivity index (χ3n) is 2.98. The molecule has 0 rings (SSSR count). The quantitative estimate of drug-likeness (QED) is 0.415. The van der Waals surface area contributed by atoms with Gasteiger partial charge in [-0.2, -0.15) is 0 Å². The average molecular weight is 230 g/mol. The first kappa shape index (κ1) is 15.2. The zero-order valence-electron chi connectivity index (χ0n) is 10.8. The lowest BCUT2D eigenvalue weighted by Gasteiger charge is -2.03. The third kappa shape index (κ3) is 14.2. The van der Waals surface area contributed by atoms with Crippen LogP contribution in [-0.2, 0) is 0 Å². The van der Waals surface area contributed by atoms with Crippen molar-refractivity contribution in [2.75, 3.05) is 0 Å². The van der Waals surface area contributed by atoms with Crippen molar-refractivity contribution in [2.45, 2.75) is 83.7 Å². The molecule has 0 saturated heterocycles. The van der Waals surface area contributed by atoms with Crippen LogP contribution in [0.5, 0.6) is 0 Å². The molecule has 15 heavy (non-hydrogen) atoms. The molecule has 1 nitrogen and oxygen atoms in total. The Morgan fingerprint density at radius 3 is 1.53 bits per heavy atom. The second-order valence-electron chi connectivity index (χ2n) is 4.82. The fourth-order valence-electron chi connectivity index (χ4n) is 1.93. The van der Waals surface area contributed by atoms with Crippen LogP contribution in [0.15, 0.2) is 0 Å². The van der Waals surface area contributed by atoms with Gasteiger partial charge in [-0.3, -0.25) is 0 Å². The highest BCUT2D eigenvalue weighted by molar-refractivity contribution is 6.48. The molecule has 0 aliphatic rings. The highest BCUT2D eigenvalue weighted by Crippen LogP contribution is 2.11. The lowest BCUT2D eigenvalue weighted by atomic mass is 10.1. The summed E-state index contributed by atoms with van der Waals surface area (Å²) in [5.74, 6) is 0. The van der Waals surface area contributed by atoms with E-state index in [2.05, 4.69) is 6.92 Å². The van der Waals surface area contributed by atoms with Gasteiger partial charge in [0.15, 0.2) is 9.04 Å². The number of hydrogen-bond donors (Lipinski definition) is 1. The van der Waals surface area contributed by atoms with Gasteiger partial charge in [0.25, 0.3) is 0 Å². The van der Waals surface area contributed by atoms with Gasteiger partial charge in [-0.05, 0) is 12.6 Å². The van der Waals surface area contributed by atoms with E-state index in [4.69, 9.17) is 0 Å². The van der Waals surface area contributed by atoms with Gasteiger partial charge >= 0.3 is 0 Å². The largest absolute Gasteiger partial charge is 0.435 e. The minimum Gasteiger partial charge on any atom is -0.435 e. The molecule has 0 aromatic carbocycles. The fourth-order valence-corrected chi connectivity index (χ4v) is 2.81. The van der Waals surface area contributed by atoms with Gasteiger partial charge < -0.3 is 4.80 Å². The summed E-state index contributed by atoms with van der Waals surface area (Å²) >= 11 is 0. The van der Waals surface area contributed by atoms with E-state index in [1.54, 1.807) is 0 Å². The van der Waals surface area contributed by atoms with Crippen molar-refractivity contribution in [3.63, 3.8) is 0 Å². The standard InChI is InChI=1S/C13H30OSi/c1-3-4-5-6-7-8-9-10-11-12-13-15(2)14/h14-15H,3-13H2,1-2H3. The van der Waals surface area contributed by atoms with Crippen LogP contribution in [0.25, 0.3) is 0 Å². The summed E-state index contributed by atoms with van der Waals surface area (Å²) < 4.78 is 0. The summed E-state index contributed by atoms with van der Waals surface area (Å²) in [6.45, 7) is 4.29. The van der Waals surface area contributed by atoms with Crippen LogP contribution in [0.3, 0.4) is 0 Å². The van der Waals surface area contributed by atoms with Crippen molar-refractivity contribution in [2.24, 2.45) is 0 Å². The normalized spacial score (nSPS) is 13.0. The van der Waals surface area contributed by atoms with Crippen molar-refractivity contribution in [1.29, 1.82) is 0 Å². The molecule has 2 heteroatoms. The second kappa shape index (κ2) is 12.2. The highest BCUT2D eigenvalue weighted by Gasteiger charge is 1.97. The molecule has 0 spiro atoms. The molecule has 0 amide bonds. The maximum absolute atomic E-state index is 9.21. The van der Waals surface area contributed by atoms with Crippen LogP contribution in [0.2, 0.25) is 12.6 Å².